The van der Waals surface area contributed by atoms with Crippen molar-refractivity contribution in [2.24, 2.45) is 22.7 Å². The molecule has 0 amide bonds. The molecule has 0 aromatic carbocycles. The lowest BCUT2D eigenvalue weighted by molar-refractivity contribution is 0.0745. The number of nitrogens with zero attached hydrogens (tertiary/aromatic N) is 1. The highest BCUT2D eigenvalue weighted by Gasteiger charge is 2.55. The van der Waals surface area contributed by atoms with Crippen LogP contribution in [-0.4, -0.2) is 0 Å². The summed E-state index contributed by atoms with van der Waals surface area (Å²) in [6.07, 6.45) is 8.21. The van der Waals surface area contributed by atoms with E-state index in [1.54, 1.807) is 0 Å². The van der Waals surface area contributed by atoms with Crippen molar-refractivity contribution in [3.63, 3.8) is 0 Å². The van der Waals surface area contributed by atoms with Gasteiger partial charge in [0.2, 0.25) is 0 Å². The highest BCUT2D eigenvalue weighted by atomic mass is 14.6. The Morgan fingerprint density at radius 3 is 2.67 bits per heavy atom. The summed E-state index contributed by atoms with van der Waals surface area (Å²) in [5.74, 6) is 0.801. The minimum absolute atomic E-state index is 0.259. The van der Waals surface area contributed by atoms with Gasteiger partial charge in [0, 0.05) is 0 Å². The number of allylic oxidation sites excluding steroid dienone is 1. The van der Waals surface area contributed by atoms with E-state index in [4.69, 9.17) is 0 Å². The molecule has 0 radical (unpaired) electrons. The van der Waals surface area contributed by atoms with Gasteiger partial charge < -0.3 is 0 Å². The first-order chi connectivity index (χ1) is 7.06. The highest BCUT2D eigenvalue weighted by Crippen LogP contribution is 2.62. The molecular formula is C14H21N. The average molecular weight is 203 g/mol. The van der Waals surface area contributed by atoms with Crippen LogP contribution in [0.15, 0.2) is 12.7 Å². The Morgan fingerprint density at radius 1 is 1.33 bits per heavy atom. The predicted molar refractivity (Wildman–Crippen MR) is 62.1 cm³/mol. The number of hydrogen-bond acceptors (Lipinski definition) is 1. The zero-order chi connectivity index (χ0) is 11.1. The molecule has 2 aliphatic rings. The summed E-state index contributed by atoms with van der Waals surface area (Å²) in [5.41, 5.74) is 0.608. The fraction of sp³-hybridized carbons (Fsp3) is 0.786. The van der Waals surface area contributed by atoms with Gasteiger partial charge in [-0.2, -0.15) is 5.26 Å². The van der Waals surface area contributed by atoms with Crippen LogP contribution < -0.4 is 0 Å². The maximum absolute atomic E-state index is 9.30. The highest BCUT2D eigenvalue weighted by molar-refractivity contribution is 5.15. The Bertz CT molecular complexity index is 310. The molecule has 2 rings (SSSR count). The third-order valence-electron chi connectivity index (χ3n) is 4.83. The Labute approximate surface area is 93.2 Å². The van der Waals surface area contributed by atoms with Crippen molar-refractivity contribution < 1.29 is 0 Å². The summed E-state index contributed by atoms with van der Waals surface area (Å²) in [4.78, 5) is 0. The molecule has 1 heteroatoms. The molecule has 1 nitrogen and oxygen atoms in total. The lowest BCUT2D eigenvalue weighted by Crippen LogP contribution is -2.39. The van der Waals surface area contributed by atoms with Crippen LogP contribution in [0.1, 0.15) is 46.0 Å². The van der Waals surface area contributed by atoms with Crippen LogP contribution in [-0.2, 0) is 0 Å². The van der Waals surface area contributed by atoms with Crippen LogP contribution in [0.4, 0.5) is 0 Å². The second kappa shape index (κ2) is 3.37. The molecular weight excluding hydrogens is 182 g/mol. The molecule has 2 aliphatic carbocycles. The SMILES string of the molecule is C=CC12CCCC(C#N)C1C(C)(C)CC2. The number of hydrogen-bond donors (Lipinski definition) is 0. The first-order valence-corrected chi connectivity index (χ1v) is 6.09. The normalized spacial score (nSPS) is 43.0. The van der Waals surface area contributed by atoms with Gasteiger partial charge in [0.1, 0.15) is 0 Å². The van der Waals surface area contributed by atoms with Crippen LogP contribution in [0.2, 0.25) is 0 Å². The van der Waals surface area contributed by atoms with Crippen molar-refractivity contribution in [2.45, 2.75) is 46.0 Å². The largest absolute Gasteiger partial charge is 0.198 e. The van der Waals surface area contributed by atoms with Crippen LogP contribution in [0.3, 0.4) is 0 Å². The van der Waals surface area contributed by atoms with Gasteiger partial charge in [-0.05, 0) is 42.4 Å². The van der Waals surface area contributed by atoms with E-state index < -0.39 is 0 Å². The number of fused-ring (bicyclic) bond motifs is 1. The smallest absolute Gasteiger partial charge is 0.0659 e. The quantitative estimate of drug-likeness (QED) is 0.592. The molecule has 0 heterocycles. The minimum atomic E-state index is 0.259. The summed E-state index contributed by atoms with van der Waals surface area (Å²) in [7, 11) is 0. The number of nitriles is 1. The molecule has 0 aromatic rings. The molecule has 82 valence electrons. The standard InChI is InChI=1S/C14H21N/c1-4-14-7-5-6-11(10-15)12(14)13(2,3)8-9-14/h4,11-12H,1,5-9H2,2-3H3. The van der Waals surface area contributed by atoms with E-state index in [0.29, 0.717) is 11.3 Å². The van der Waals surface area contributed by atoms with E-state index in [1.165, 1.54) is 25.7 Å². The topological polar surface area (TPSA) is 23.8 Å². The lowest BCUT2D eigenvalue weighted by Gasteiger charge is -2.44. The fourth-order valence-electron chi connectivity index (χ4n) is 4.16. The second-order valence-corrected chi connectivity index (χ2v) is 6.03. The van der Waals surface area contributed by atoms with Crippen molar-refractivity contribution in [3.8, 4) is 6.07 Å². The molecule has 0 aromatic heterocycles. The zero-order valence-corrected chi connectivity index (χ0v) is 9.92. The molecule has 2 fully saturated rings. The molecule has 0 aliphatic heterocycles. The Hall–Kier alpha value is -0.770. The maximum Gasteiger partial charge on any atom is 0.0659 e. The summed E-state index contributed by atoms with van der Waals surface area (Å²) >= 11 is 0. The van der Waals surface area contributed by atoms with Crippen molar-refractivity contribution >= 4 is 0 Å². The average Bonchev–Trinajstić information content (AvgIpc) is 2.52. The van der Waals surface area contributed by atoms with Crippen LogP contribution in [0.5, 0.6) is 0 Å². The molecule has 3 atom stereocenters. The van der Waals surface area contributed by atoms with E-state index in [2.05, 4.69) is 32.6 Å². The van der Waals surface area contributed by atoms with Gasteiger partial charge in [-0.1, -0.05) is 26.3 Å². The van der Waals surface area contributed by atoms with E-state index >= 15 is 0 Å². The van der Waals surface area contributed by atoms with Gasteiger partial charge in [-0.15, -0.1) is 6.58 Å². The Kier molecular flexibility index (Phi) is 2.41. The summed E-state index contributed by atoms with van der Waals surface area (Å²) < 4.78 is 0. The van der Waals surface area contributed by atoms with Crippen LogP contribution >= 0.6 is 0 Å². The van der Waals surface area contributed by atoms with Gasteiger partial charge in [-0.25, -0.2) is 0 Å². The second-order valence-electron chi connectivity index (χ2n) is 6.03. The molecule has 0 saturated heterocycles. The molecule has 3 unspecified atom stereocenters. The van der Waals surface area contributed by atoms with Crippen LogP contribution in [0, 0.1) is 34.0 Å². The van der Waals surface area contributed by atoms with Crippen molar-refractivity contribution in [2.75, 3.05) is 0 Å². The first-order valence-electron chi connectivity index (χ1n) is 6.09. The third kappa shape index (κ3) is 1.42. The number of rotatable bonds is 1. The molecule has 15 heavy (non-hydrogen) atoms. The van der Waals surface area contributed by atoms with E-state index in [-0.39, 0.29) is 11.3 Å². The summed E-state index contributed by atoms with van der Waals surface area (Å²) in [5, 5.41) is 9.30. The summed E-state index contributed by atoms with van der Waals surface area (Å²) in [6, 6.07) is 2.54. The van der Waals surface area contributed by atoms with Crippen molar-refractivity contribution in [1.29, 1.82) is 5.26 Å². The lowest BCUT2D eigenvalue weighted by atomic mass is 9.58. The van der Waals surface area contributed by atoms with Gasteiger partial charge >= 0.3 is 0 Å². The molecule has 0 N–H and O–H groups in total. The first kappa shape index (κ1) is 10.7. The van der Waals surface area contributed by atoms with E-state index in [1.807, 2.05) is 0 Å². The minimum Gasteiger partial charge on any atom is -0.198 e. The Balaban J connectivity index is 2.40. The van der Waals surface area contributed by atoms with Gasteiger partial charge in [-0.3, -0.25) is 0 Å². The zero-order valence-electron chi connectivity index (χ0n) is 9.92. The maximum atomic E-state index is 9.30. The summed E-state index contributed by atoms with van der Waals surface area (Å²) in [6.45, 7) is 8.71. The van der Waals surface area contributed by atoms with Crippen molar-refractivity contribution in [1.82, 2.24) is 0 Å². The van der Waals surface area contributed by atoms with Gasteiger partial charge in [0.05, 0.1) is 12.0 Å². The molecule has 2 saturated carbocycles. The monoisotopic (exact) mass is 203 g/mol. The van der Waals surface area contributed by atoms with Crippen molar-refractivity contribution in [3.05, 3.63) is 12.7 Å². The van der Waals surface area contributed by atoms with E-state index in [9.17, 15) is 5.26 Å². The Morgan fingerprint density at radius 2 is 2.07 bits per heavy atom. The van der Waals surface area contributed by atoms with Gasteiger partial charge in [0.15, 0.2) is 0 Å². The predicted octanol–water partition coefficient (Wildman–Crippen LogP) is 3.92. The molecule has 0 bridgehead atoms. The molecule has 0 spiro atoms. The van der Waals surface area contributed by atoms with E-state index in [0.717, 1.165) is 6.42 Å². The fourth-order valence-corrected chi connectivity index (χ4v) is 4.16. The van der Waals surface area contributed by atoms with Crippen LogP contribution in [0.25, 0.3) is 0 Å². The third-order valence-corrected chi connectivity index (χ3v) is 4.83. The van der Waals surface area contributed by atoms with Gasteiger partial charge in [0.25, 0.3) is 0 Å².